The molecule has 1 unspecified atom stereocenters. The van der Waals surface area contributed by atoms with Crippen molar-refractivity contribution in [3.05, 3.63) is 30.9 Å². The Morgan fingerprint density at radius 1 is 1.47 bits per heavy atom. The van der Waals surface area contributed by atoms with Crippen LogP contribution in [0.3, 0.4) is 0 Å². The third-order valence-corrected chi connectivity index (χ3v) is 4.63. The highest BCUT2D eigenvalue weighted by molar-refractivity contribution is 7.56. The third kappa shape index (κ3) is 3.19. The third-order valence-electron chi connectivity index (χ3n) is 2.31. The minimum atomic E-state index is -2.53. The molecule has 0 fully saturated rings. The highest BCUT2D eigenvalue weighted by Gasteiger charge is 2.20. The fraction of sp³-hybridized carbons (Fsp3) is 0.300. The predicted octanol–water partition coefficient (Wildman–Crippen LogP) is 2.00. The van der Waals surface area contributed by atoms with Crippen LogP contribution in [0.25, 0.3) is 10.6 Å². The lowest BCUT2D eigenvalue weighted by Gasteiger charge is -2.06. The first-order valence-corrected chi connectivity index (χ1v) is 8.02. The van der Waals surface area contributed by atoms with Crippen molar-refractivity contribution in [1.82, 2.24) is 9.36 Å². The summed E-state index contributed by atoms with van der Waals surface area (Å²) in [7, 11) is -1.06. The Morgan fingerprint density at radius 2 is 2.18 bits per heavy atom. The molecule has 2 aromatic heterocycles. The van der Waals surface area contributed by atoms with Crippen molar-refractivity contribution in [3.63, 3.8) is 0 Å². The van der Waals surface area contributed by atoms with Crippen LogP contribution >= 0.6 is 18.9 Å². The number of nitrogens with zero attached hydrogens (tertiary/aromatic N) is 3. The molecule has 90 valence electrons. The smallest absolute Gasteiger partial charge is 0.263 e. The lowest BCUT2D eigenvalue weighted by atomic mass is 10.3. The average molecular weight is 270 g/mol. The summed E-state index contributed by atoms with van der Waals surface area (Å²) in [5.74, 6) is 0. The number of hydrogen-bond acceptors (Lipinski definition) is 5. The maximum Gasteiger partial charge on any atom is 0.263 e. The van der Waals surface area contributed by atoms with Crippen LogP contribution in [-0.2, 0) is 15.4 Å². The molecule has 1 atom stereocenters. The summed E-state index contributed by atoms with van der Waals surface area (Å²) in [4.78, 5) is 4.13. The van der Waals surface area contributed by atoms with E-state index in [-0.39, 0.29) is 0 Å². The van der Waals surface area contributed by atoms with Gasteiger partial charge < -0.3 is 4.52 Å². The molecule has 2 rings (SSSR count). The van der Waals surface area contributed by atoms with Gasteiger partial charge in [0.2, 0.25) is 6.29 Å². The van der Waals surface area contributed by atoms with E-state index >= 15 is 0 Å². The Bertz CT molecular complexity index is 527. The van der Waals surface area contributed by atoms with Crippen LogP contribution < -0.4 is 4.57 Å². The molecule has 17 heavy (non-hydrogen) atoms. The number of hydrogen-bond donors (Lipinski definition) is 0. The molecule has 0 aliphatic rings. The second-order valence-electron chi connectivity index (χ2n) is 3.69. The van der Waals surface area contributed by atoms with Crippen molar-refractivity contribution in [3.8, 4) is 10.6 Å². The van der Waals surface area contributed by atoms with Crippen LogP contribution in [0.2, 0.25) is 0 Å². The molecule has 0 aromatic carbocycles. The molecule has 2 aromatic rings. The van der Waals surface area contributed by atoms with Crippen LogP contribution in [0.4, 0.5) is 0 Å². The standard InChI is InChI=1S/C10H13N3O2PS/c1-15-16(2,14)8-13-5-3-9(4-6-13)10-11-7-12-17-10/h3-7H,8H2,1-2H3/q+1. The fourth-order valence-corrected chi connectivity index (χ4v) is 2.78. The van der Waals surface area contributed by atoms with Crippen LogP contribution in [0.15, 0.2) is 30.9 Å². The highest BCUT2D eigenvalue weighted by atomic mass is 32.1. The minimum Gasteiger partial charge on any atom is -0.328 e. The van der Waals surface area contributed by atoms with Gasteiger partial charge in [0.15, 0.2) is 12.4 Å². The quantitative estimate of drug-likeness (QED) is 0.630. The molecule has 5 nitrogen and oxygen atoms in total. The van der Waals surface area contributed by atoms with Gasteiger partial charge >= 0.3 is 0 Å². The van der Waals surface area contributed by atoms with Gasteiger partial charge in [0.1, 0.15) is 11.3 Å². The van der Waals surface area contributed by atoms with E-state index in [9.17, 15) is 4.57 Å². The zero-order valence-corrected chi connectivity index (χ0v) is 11.3. The Hall–Kier alpha value is -1.10. The number of rotatable bonds is 4. The van der Waals surface area contributed by atoms with E-state index in [1.807, 2.05) is 29.1 Å². The molecular formula is C10H13N3O2PS+. The summed E-state index contributed by atoms with van der Waals surface area (Å²) in [6, 6.07) is 3.85. The maximum atomic E-state index is 11.8. The SMILES string of the molecule is COP(C)(=O)C[n+]1ccc(-c2ncns2)cc1. The first-order chi connectivity index (χ1) is 8.11. The Labute approximate surface area is 104 Å². The van der Waals surface area contributed by atoms with E-state index < -0.39 is 7.37 Å². The van der Waals surface area contributed by atoms with Crippen LogP contribution in [0.1, 0.15) is 0 Å². The van der Waals surface area contributed by atoms with Gasteiger partial charge in [-0.25, -0.2) is 4.98 Å². The van der Waals surface area contributed by atoms with Gasteiger partial charge in [-0.3, -0.25) is 4.57 Å². The van der Waals surface area contributed by atoms with Crippen molar-refractivity contribution < 1.29 is 13.7 Å². The molecule has 0 spiro atoms. The monoisotopic (exact) mass is 270 g/mol. The van der Waals surface area contributed by atoms with Gasteiger partial charge in [0.25, 0.3) is 7.37 Å². The van der Waals surface area contributed by atoms with Gasteiger partial charge in [-0.2, -0.15) is 8.94 Å². The van der Waals surface area contributed by atoms with Gasteiger partial charge in [0.05, 0.1) is 0 Å². The van der Waals surface area contributed by atoms with Crippen molar-refractivity contribution >= 4 is 18.9 Å². The summed E-state index contributed by atoms with van der Waals surface area (Å²) in [5.41, 5.74) is 1.01. The summed E-state index contributed by atoms with van der Waals surface area (Å²) in [6.07, 6.45) is 5.64. The summed E-state index contributed by atoms with van der Waals surface area (Å²) < 4.78 is 22.6. The molecule has 0 saturated carbocycles. The normalized spacial score (nSPS) is 14.5. The van der Waals surface area contributed by atoms with Gasteiger partial charge in [-0.15, -0.1) is 0 Å². The molecule has 0 amide bonds. The molecule has 7 heteroatoms. The molecule has 2 heterocycles. The Kier molecular flexibility index (Phi) is 3.66. The van der Waals surface area contributed by atoms with Crippen LogP contribution in [-0.4, -0.2) is 23.1 Å². The fourth-order valence-electron chi connectivity index (χ4n) is 1.35. The van der Waals surface area contributed by atoms with E-state index in [0.29, 0.717) is 6.29 Å². The van der Waals surface area contributed by atoms with Gasteiger partial charge in [0, 0.05) is 31.5 Å². The Morgan fingerprint density at radius 3 is 2.71 bits per heavy atom. The van der Waals surface area contributed by atoms with Gasteiger partial charge in [-0.1, -0.05) is 0 Å². The van der Waals surface area contributed by atoms with Crippen molar-refractivity contribution in [2.24, 2.45) is 0 Å². The molecular weight excluding hydrogens is 257 g/mol. The molecule has 0 saturated heterocycles. The Balaban J connectivity index is 2.17. The second-order valence-corrected chi connectivity index (χ2v) is 7.14. The minimum absolute atomic E-state index is 0.375. The summed E-state index contributed by atoms with van der Waals surface area (Å²) in [5, 5.41) is 0.878. The number of pyridine rings is 1. The van der Waals surface area contributed by atoms with Gasteiger partial charge in [-0.05, 0) is 11.5 Å². The lowest BCUT2D eigenvalue weighted by molar-refractivity contribution is -0.678. The predicted molar refractivity (Wildman–Crippen MR) is 66.1 cm³/mol. The zero-order chi connectivity index (χ0) is 12.3. The molecule has 0 radical (unpaired) electrons. The molecule has 0 bridgehead atoms. The average Bonchev–Trinajstić information content (AvgIpc) is 2.83. The van der Waals surface area contributed by atoms with E-state index in [1.165, 1.54) is 25.0 Å². The first kappa shape index (κ1) is 12.4. The van der Waals surface area contributed by atoms with E-state index in [1.54, 1.807) is 6.66 Å². The van der Waals surface area contributed by atoms with E-state index in [2.05, 4.69) is 9.36 Å². The van der Waals surface area contributed by atoms with Crippen molar-refractivity contribution in [2.45, 2.75) is 6.29 Å². The van der Waals surface area contributed by atoms with Crippen molar-refractivity contribution in [2.75, 3.05) is 13.8 Å². The zero-order valence-electron chi connectivity index (χ0n) is 9.61. The maximum absolute atomic E-state index is 11.8. The molecule has 0 aliphatic carbocycles. The first-order valence-electron chi connectivity index (χ1n) is 4.99. The highest BCUT2D eigenvalue weighted by Crippen LogP contribution is 2.41. The molecule has 0 N–H and O–H groups in total. The van der Waals surface area contributed by atoms with E-state index in [4.69, 9.17) is 4.52 Å². The van der Waals surface area contributed by atoms with Crippen molar-refractivity contribution in [1.29, 1.82) is 0 Å². The topological polar surface area (TPSA) is 56.0 Å². The van der Waals surface area contributed by atoms with Crippen LogP contribution in [0, 0.1) is 0 Å². The largest absolute Gasteiger partial charge is 0.328 e. The number of aromatic nitrogens is 3. The summed E-state index contributed by atoms with van der Waals surface area (Å²) in [6.45, 7) is 1.62. The van der Waals surface area contributed by atoms with E-state index in [0.717, 1.165) is 10.6 Å². The van der Waals surface area contributed by atoms with Crippen LogP contribution in [0.5, 0.6) is 0 Å². The summed E-state index contributed by atoms with van der Waals surface area (Å²) >= 11 is 1.35. The lowest BCUT2D eigenvalue weighted by Crippen LogP contribution is -2.32. The second kappa shape index (κ2) is 5.04. The molecule has 0 aliphatic heterocycles.